The molecule has 32 heavy (non-hydrogen) atoms. The van der Waals surface area contributed by atoms with Crippen molar-refractivity contribution in [2.24, 2.45) is 0 Å². The van der Waals surface area contributed by atoms with E-state index in [1.54, 1.807) is 22.0 Å². The summed E-state index contributed by atoms with van der Waals surface area (Å²) in [5.74, 6) is -0.237. The van der Waals surface area contributed by atoms with Crippen molar-refractivity contribution in [1.29, 1.82) is 0 Å². The lowest BCUT2D eigenvalue weighted by Crippen LogP contribution is -2.61. The van der Waals surface area contributed by atoms with Gasteiger partial charge in [-0.3, -0.25) is 9.59 Å². The topological polar surface area (TPSA) is 59.1 Å². The van der Waals surface area contributed by atoms with E-state index in [0.29, 0.717) is 12.8 Å². The summed E-state index contributed by atoms with van der Waals surface area (Å²) in [4.78, 5) is 23.8. The van der Waals surface area contributed by atoms with E-state index < -0.39 is 0 Å². The molecule has 0 bridgehead atoms. The molecule has 2 heterocycles. The number of nitrogens with zero attached hydrogens (tertiary/aromatic N) is 2. The second-order valence-corrected chi connectivity index (χ2v) is 13.7. The highest BCUT2D eigenvalue weighted by molar-refractivity contribution is 8.74. The Balaban J connectivity index is 2.12. The van der Waals surface area contributed by atoms with Crippen molar-refractivity contribution in [2.75, 3.05) is 0 Å². The van der Waals surface area contributed by atoms with E-state index in [4.69, 9.17) is 9.47 Å². The van der Waals surface area contributed by atoms with Crippen LogP contribution in [0, 0.1) is 0 Å². The molecular formula is C24H44N2O4S2. The van der Waals surface area contributed by atoms with E-state index in [-0.39, 0.29) is 46.3 Å². The monoisotopic (exact) mass is 488 g/mol. The quantitative estimate of drug-likeness (QED) is 0.240. The van der Waals surface area contributed by atoms with Gasteiger partial charge in [-0.25, -0.2) is 8.61 Å². The van der Waals surface area contributed by atoms with Gasteiger partial charge in [-0.15, -0.1) is 0 Å². The van der Waals surface area contributed by atoms with Crippen LogP contribution in [0.1, 0.15) is 108 Å². The summed E-state index contributed by atoms with van der Waals surface area (Å²) in [5.41, 5.74) is -0.495. The maximum absolute atomic E-state index is 11.9. The maximum atomic E-state index is 11.9. The molecule has 0 aromatic heterocycles. The Morgan fingerprint density at radius 1 is 0.656 bits per heavy atom. The van der Waals surface area contributed by atoms with Gasteiger partial charge in [-0.1, -0.05) is 13.8 Å². The summed E-state index contributed by atoms with van der Waals surface area (Å²) in [6.07, 6.45) is 4.00. The fraction of sp³-hybridized carbons (Fsp3) is 0.917. The molecule has 0 unspecified atom stereocenters. The molecule has 186 valence electrons. The third-order valence-corrected chi connectivity index (χ3v) is 9.90. The molecule has 0 spiro atoms. The van der Waals surface area contributed by atoms with E-state index >= 15 is 0 Å². The molecule has 2 rings (SSSR count). The van der Waals surface area contributed by atoms with Gasteiger partial charge >= 0.3 is 11.9 Å². The van der Waals surface area contributed by atoms with Crippen LogP contribution in [0.3, 0.4) is 0 Å². The Labute approximate surface area is 203 Å². The summed E-state index contributed by atoms with van der Waals surface area (Å²) < 4.78 is 16.4. The SMILES string of the molecule is CCC(=O)OC1CC(C)(C)N(SSN2C(C)(C)CC(OC(=O)CC)CC2(C)C)C(C)(C)C1. The van der Waals surface area contributed by atoms with Crippen LogP contribution < -0.4 is 0 Å². The Bertz CT molecular complexity index is 599. The highest BCUT2D eigenvalue weighted by Gasteiger charge is 2.51. The van der Waals surface area contributed by atoms with Crippen molar-refractivity contribution in [3.63, 3.8) is 0 Å². The third kappa shape index (κ3) is 6.57. The fourth-order valence-electron chi connectivity index (χ4n) is 5.52. The van der Waals surface area contributed by atoms with Crippen LogP contribution in [0.15, 0.2) is 0 Å². The second kappa shape index (κ2) is 10.0. The molecule has 0 saturated carbocycles. The number of carbonyl (C=O) groups is 2. The molecule has 6 nitrogen and oxygen atoms in total. The minimum absolute atomic E-state index is 0.0498. The van der Waals surface area contributed by atoms with Crippen molar-refractivity contribution < 1.29 is 19.1 Å². The Hall–Kier alpha value is -0.440. The summed E-state index contributed by atoms with van der Waals surface area (Å²) in [5, 5.41) is 0. The molecule has 0 aliphatic carbocycles. The van der Waals surface area contributed by atoms with Crippen molar-refractivity contribution in [1.82, 2.24) is 8.61 Å². The second-order valence-electron chi connectivity index (χ2n) is 11.7. The van der Waals surface area contributed by atoms with Gasteiger partial charge in [-0.05, 0) is 55.4 Å². The van der Waals surface area contributed by atoms with Gasteiger partial charge in [0.2, 0.25) is 0 Å². The van der Waals surface area contributed by atoms with E-state index in [9.17, 15) is 9.59 Å². The number of ether oxygens (including phenoxy) is 2. The Kier molecular flexibility index (Phi) is 8.73. The first-order valence-electron chi connectivity index (χ1n) is 11.9. The zero-order chi connectivity index (χ0) is 24.5. The van der Waals surface area contributed by atoms with Gasteiger partial charge < -0.3 is 9.47 Å². The van der Waals surface area contributed by atoms with E-state index in [0.717, 1.165) is 25.7 Å². The summed E-state index contributed by atoms with van der Waals surface area (Å²) in [6, 6.07) is 0. The molecule has 0 amide bonds. The fourth-order valence-corrected chi connectivity index (χ4v) is 9.58. The van der Waals surface area contributed by atoms with Crippen LogP contribution in [0.5, 0.6) is 0 Å². The molecule has 0 radical (unpaired) electrons. The van der Waals surface area contributed by atoms with Crippen LogP contribution in [0.2, 0.25) is 0 Å². The minimum atomic E-state index is -0.124. The highest BCUT2D eigenvalue weighted by Crippen LogP contribution is 2.53. The van der Waals surface area contributed by atoms with Gasteiger partial charge in [0.1, 0.15) is 12.2 Å². The number of hydrogen-bond donors (Lipinski definition) is 0. The van der Waals surface area contributed by atoms with Gasteiger partial charge in [0.15, 0.2) is 0 Å². The highest BCUT2D eigenvalue weighted by atomic mass is 33.1. The molecule has 8 heteroatoms. The van der Waals surface area contributed by atoms with E-state index in [1.165, 1.54) is 0 Å². The normalized spacial score (nSPS) is 25.9. The number of piperidine rings is 2. The molecule has 0 N–H and O–H groups in total. The molecule has 2 aliphatic rings. The first kappa shape index (κ1) is 27.8. The molecule has 0 atom stereocenters. The lowest BCUT2D eigenvalue weighted by molar-refractivity contribution is -0.156. The molecular weight excluding hydrogens is 444 g/mol. The smallest absolute Gasteiger partial charge is 0.305 e. The van der Waals surface area contributed by atoms with Gasteiger partial charge in [-0.2, -0.15) is 0 Å². The predicted molar refractivity (Wildman–Crippen MR) is 134 cm³/mol. The Morgan fingerprint density at radius 2 is 0.906 bits per heavy atom. The summed E-state index contributed by atoms with van der Waals surface area (Å²) >= 11 is 0. The van der Waals surface area contributed by atoms with Crippen LogP contribution in [0.4, 0.5) is 0 Å². The summed E-state index contributed by atoms with van der Waals surface area (Å²) in [6.45, 7) is 21.6. The number of rotatable bonds is 7. The van der Waals surface area contributed by atoms with E-state index in [2.05, 4.69) is 64.0 Å². The van der Waals surface area contributed by atoms with Gasteiger partial charge in [0, 0.05) is 82.6 Å². The van der Waals surface area contributed by atoms with Crippen LogP contribution in [-0.4, -0.2) is 54.9 Å². The molecule has 0 aromatic carbocycles. The number of esters is 2. The first-order valence-corrected chi connectivity index (χ1v) is 13.9. The van der Waals surface area contributed by atoms with Crippen molar-refractivity contribution in [2.45, 2.75) is 142 Å². The number of hydrogen-bond acceptors (Lipinski definition) is 8. The van der Waals surface area contributed by atoms with Crippen LogP contribution >= 0.6 is 22.0 Å². The van der Waals surface area contributed by atoms with Crippen molar-refractivity contribution in [3.8, 4) is 0 Å². The molecule has 2 fully saturated rings. The molecule has 2 saturated heterocycles. The average Bonchev–Trinajstić information content (AvgIpc) is 2.60. The lowest BCUT2D eigenvalue weighted by Gasteiger charge is -2.56. The predicted octanol–water partition coefficient (Wildman–Crippen LogP) is 6.15. The average molecular weight is 489 g/mol. The van der Waals surface area contributed by atoms with Crippen LogP contribution in [0.25, 0.3) is 0 Å². The standard InChI is InChI=1S/C24H44N2O4S2/c1-11-19(27)29-17-13-21(3,4)25(22(5,6)14-17)31-32-26-23(7,8)15-18(16-24(26,9)10)30-20(28)12-2/h17-18H,11-16H2,1-10H3. The van der Waals surface area contributed by atoms with Crippen molar-refractivity contribution in [3.05, 3.63) is 0 Å². The maximum Gasteiger partial charge on any atom is 0.305 e. The number of carbonyl (C=O) groups excluding carboxylic acids is 2. The zero-order valence-corrected chi connectivity index (χ0v) is 23.4. The minimum Gasteiger partial charge on any atom is -0.462 e. The lowest BCUT2D eigenvalue weighted by atomic mass is 9.81. The largest absolute Gasteiger partial charge is 0.462 e. The molecule has 0 aromatic rings. The van der Waals surface area contributed by atoms with E-state index in [1.807, 2.05) is 13.8 Å². The first-order chi connectivity index (χ1) is 14.5. The molecule has 2 aliphatic heterocycles. The van der Waals surface area contributed by atoms with Gasteiger partial charge in [0.25, 0.3) is 0 Å². The van der Waals surface area contributed by atoms with Gasteiger partial charge in [0.05, 0.1) is 0 Å². The Morgan fingerprint density at radius 3 is 1.12 bits per heavy atom. The van der Waals surface area contributed by atoms with Crippen LogP contribution in [-0.2, 0) is 19.1 Å². The zero-order valence-electron chi connectivity index (χ0n) is 21.7. The van der Waals surface area contributed by atoms with Crippen molar-refractivity contribution >= 4 is 33.9 Å². The summed E-state index contributed by atoms with van der Waals surface area (Å²) in [7, 11) is 3.59. The third-order valence-electron chi connectivity index (χ3n) is 6.46.